The second-order valence-electron chi connectivity index (χ2n) is 9.06. The summed E-state index contributed by atoms with van der Waals surface area (Å²) in [5.74, 6) is -0.454. The number of anilines is 1. The number of piperidine rings is 2. The molecule has 6 nitrogen and oxygen atoms in total. The normalized spacial score (nSPS) is 18.1. The molecule has 0 radical (unpaired) electrons. The van der Waals surface area contributed by atoms with Crippen LogP contribution in [0.2, 0.25) is 10.0 Å². The van der Waals surface area contributed by atoms with Gasteiger partial charge in [-0.3, -0.25) is 4.79 Å². The van der Waals surface area contributed by atoms with E-state index in [0.29, 0.717) is 48.1 Å². The Kier molecular flexibility index (Phi) is 8.40. The summed E-state index contributed by atoms with van der Waals surface area (Å²) in [5.41, 5.74) is 2.71. The van der Waals surface area contributed by atoms with E-state index in [-0.39, 0.29) is 17.6 Å². The number of benzene rings is 2. The Morgan fingerprint density at radius 2 is 1.53 bits per heavy atom. The fourth-order valence-corrected chi connectivity index (χ4v) is 6.97. The molecule has 184 valence electrons. The zero-order valence-corrected chi connectivity index (χ0v) is 21.5. The molecule has 0 unspecified atom stereocenters. The molecule has 2 heterocycles. The van der Waals surface area contributed by atoms with Crippen LogP contribution in [0.4, 0.5) is 5.69 Å². The van der Waals surface area contributed by atoms with Gasteiger partial charge in [0.1, 0.15) is 0 Å². The second-order valence-corrected chi connectivity index (χ2v) is 11.8. The third-order valence-electron chi connectivity index (χ3n) is 6.73. The summed E-state index contributed by atoms with van der Waals surface area (Å²) in [5, 5.41) is 3.70. The topological polar surface area (TPSA) is 69.7 Å². The van der Waals surface area contributed by atoms with E-state index in [1.807, 2.05) is 0 Å². The Labute approximate surface area is 212 Å². The first kappa shape index (κ1) is 25.3. The number of hydrogen-bond acceptors (Lipinski definition) is 4. The van der Waals surface area contributed by atoms with Crippen molar-refractivity contribution in [2.24, 2.45) is 5.92 Å². The molecule has 0 saturated carbocycles. The molecule has 0 spiro atoms. The predicted molar refractivity (Wildman–Crippen MR) is 138 cm³/mol. The van der Waals surface area contributed by atoms with Crippen molar-refractivity contribution in [2.45, 2.75) is 44.4 Å². The first-order valence-electron chi connectivity index (χ1n) is 11.9. The van der Waals surface area contributed by atoms with Crippen LogP contribution in [0.1, 0.15) is 43.2 Å². The summed E-state index contributed by atoms with van der Waals surface area (Å²) >= 11 is 12.3. The van der Waals surface area contributed by atoms with Crippen LogP contribution < -0.4 is 10.2 Å². The van der Waals surface area contributed by atoms with Gasteiger partial charge in [0.05, 0.1) is 5.75 Å². The van der Waals surface area contributed by atoms with E-state index in [1.54, 1.807) is 18.2 Å². The maximum absolute atomic E-state index is 12.9. The van der Waals surface area contributed by atoms with Crippen LogP contribution in [0.25, 0.3) is 0 Å². The summed E-state index contributed by atoms with van der Waals surface area (Å²) in [4.78, 5) is 15.1. The molecule has 0 bridgehead atoms. The van der Waals surface area contributed by atoms with Crippen LogP contribution in [-0.2, 0) is 27.1 Å². The smallest absolute Gasteiger partial charge is 0.223 e. The predicted octanol–water partition coefficient (Wildman–Crippen LogP) is 4.84. The number of nitrogens with zero attached hydrogens (tertiary/aromatic N) is 2. The van der Waals surface area contributed by atoms with Crippen molar-refractivity contribution in [1.82, 2.24) is 9.62 Å². The number of hydrogen-bond donors (Lipinski definition) is 1. The molecule has 0 aromatic heterocycles. The van der Waals surface area contributed by atoms with Gasteiger partial charge in [-0.15, -0.1) is 0 Å². The molecule has 2 aromatic rings. The van der Waals surface area contributed by atoms with Crippen LogP contribution in [0.5, 0.6) is 0 Å². The molecular formula is C25H31Cl2N3O3S. The highest BCUT2D eigenvalue weighted by atomic mass is 35.5. The zero-order valence-electron chi connectivity index (χ0n) is 19.2. The molecule has 34 heavy (non-hydrogen) atoms. The van der Waals surface area contributed by atoms with Gasteiger partial charge in [-0.25, -0.2) is 12.7 Å². The number of nitrogens with one attached hydrogen (secondary N) is 1. The molecule has 2 saturated heterocycles. The number of amides is 1. The summed E-state index contributed by atoms with van der Waals surface area (Å²) in [6, 6.07) is 13.3. The van der Waals surface area contributed by atoms with Crippen molar-refractivity contribution in [2.75, 3.05) is 31.1 Å². The lowest BCUT2D eigenvalue weighted by molar-refractivity contribution is -0.126. The fourth-order valence-electron chi connectivity index (χ4n) is 4.65. The summed E-state index contributed by atoms with van der Waals surface area (Å²) in [6.07, 6.45) is 4.78. The second kappa shape index (κ2) is 11.3. The lowest BCUT2D eigenvalue weighted by Gasteiger charge is -2.31. The molecular weight excluding hydrogens is 493 g/mol. The Morgan fingerprint density at radius 1 is 0.912 bits per heavy atom. The highest BCUT2D eigenvalue weighted by molar-refractivity contribution is 7.88. The van der Waals surface area contributed by atoms with Crippen molar-refractivity contribution < 1.29 is 13.2 Å². The molecule has 9 heteroatoms. The summed E-state index contributed by atoms with van der Waals surface area (Å²) < 4.78 is 27.2. The minimum Gasteiger partial charge on any atom is -0.372 e. The summed E-state index contributed by atoms with van der Waals surface area (Å²) in [7, 11) is -3.57. The minimum absolute atomic E-state index is 0.0219. The van der Waals surface area contributed by atoms with Crippen molar-refractivity contribution in [3.8, 4) is 0 Å². The van der Waals surface area contributed by atoms with Gasteiger partial charge in [0.15, 0.2) is 0 Å². The maximum atomic E-state index is 12.9. The van der Waals surface area contributed by atoms with E-state index in [2.05, 4.69) is 34.5 Å². The van der Waals surface area contributed by atoms with Crippen LogP contribution in [0, 0.1) is 5.92 Å². The molecule has 2 aromatic carbocycles. The average Bonchev–Trinajstić information content (AvgIpc) is 2.86. The zero-order chi connectivity index (χ0) is 24.1. The van der Waals surface area contributed by atoms with Gasteiger partial charge in [-0.2, -0.15) is 0 Å². The molecule has 1 N–H and O–H groups in total. The molecule has 0 atom stereocenters. The van der Waals surface area contributed by atoms with Gasteiger partial charge >= 0.3 is 0 Å². The number of rotatable bonds is 7. The van der Waals surface area contributed by atoms with Crippen molar-refractivity contribution >= 4 is 44.8 Å². The van der Waals surface area contributed by atoms with E-state index in [4.69, 9.17) is 23.2 Å². The Balaban J connectivity index is 1.25. The van der Waals surface area contributed by atoms with E-state index in [0.717, 1.165) is 18.7 Å². The van der Waals surface area contributed by atoms with Gasteiger partial charge in [0, 0.05) is 59.9 Å². The first-order valence-corrected chi connectivity index (χ1v) is 14.2. The number of carbonyl (C=O) groups is 1. The summed E-state index contributed by atoms with van der Waals surface area (Å²) in [6.45, 7) is 3.31. The lowest BCUT2D eigenvalue weighted by Crippen LogP contribution is -2.43. The highest BCUT2D eigenvalue weighted by Crippen LogP contribution is 2.29. The molecule has 1 amide bonds. The third kappa shape index (κ3) is 6.25. The van der Waals surface area contributed by atoms with Crippen LogP contribution in [0.3, 0.4) is 0 Å². The van der Waals surface area contributed by atoms with E-state index in [9.17, 15) is 13.2 Å². The van der Waals surface area contributed by atoms with E-state index in [1.165, 1.54) is 29.3 Å². The standard InChI is InChI=1S/C25H31Cl2N3O3S/c26-23-5-4-6-24(27)22(23)18-34(32,33)30-15-11-20(12-16-30)25(31)28-17-19-7-9-21(10-8-19)29-13-2-1-3-14-29/h4-10,20H,1-3,11-18H2,(H,28,31). The van der Waals surface area contributed by atoms with Gasteiger partial charge in [-0.1, -0.05) is 41.4 Å². The monoisotopic (exact) mass is 523 g/mol. The van der Waals surface area contributed by atoms with Crippen molar-refractivity contribution in [1.29, 1.82) is 0 Å². The Bertz CT molecular complexity index is 1070. The minimum atomic E-state index is -3.57. The molecule has 4 rings (SSSR count). The average molecular weight is 525 g/mol. The third-order valence-corrected chi connectivity index (χ3v) is 9.24. The van der Waals surface area contributed by atoms with Gasteiger partial charge < -0.3 is 10.2 Å². The first-order chi connectivity index (χ1) is 16.3. The van der Waals surface area contributed by atoms with Gasteiger partial charge in [0.2, 0.25) is 15.9 Å². The lowest BCUT2D eigenvalue weighted by atomic mass is 9.97. The SMILES string of the molecule is O=C(NCc1ccc(N2CCCCC2)cc1)C1CCN(S(=O)(=O)Cc2c(Cl)cccc2Cl)CC1. The molecule has 2 fully saturated rings. The van der Waals surface area contributed by atoms with Crippen LogP contribution in [0.15, 0.2) is 42.5 Å². The largest absolute Gasteiger partial charge is 0.372 e. The molecule has 2 aliphatic rings. The van der Waals surface area contributed by atoms with Crippen molar-refractivity contribution in [3.63, 3.8) is 0 Å². The van der Waals surface area contributed by atoms with Crippen molar-refractivity contribution in [3.05, 3.63) is 63.6 Å². The quantitative estimate of drug-likeness (QED) is 0.563. The van der Waals surface area contributed by atoms with Crippen LogP contribution in [-0.4, -0.2) is 44.8 Å². The van der Waals surface area contributed by atoms with Gasteiger partial charge in [0.25, 0.3) is 0 Å². The molecule has 2 aliphatic heterocycles. The number of sulfonamides is 1. The Morgan fingerprint density at radius 3 is 2.15 bits per heavy atom. The Hall–Kier alpha value is -1.80. The maximum Gasteiger partial charge on any atom is 0.223 e. The number of carbonyl (C=O) groups excluding carboxylic acids is 1. The van der Waals surface area contributed by atoms with Gasteiger partial charge in [-0.05, 0) is 61.9 Å². The van der Waals surface area contributed by atoms with E-state index >= 15 is 0 Å². The molecule has 0 aliphatic carbocycles. The highest BCUT2D eigenvalue weighted by Gasteiger charge is 2.32. The van der Waals surface area contributed by atoms with E-state index < -0.39 is 10.0 Å². The number of halogens is 2. The fraction of sp³-hybridized carbons (Fsp3) is 0.480. The van der Waals surface area contributed by atoms with Crippen LogP contribution >= 0.6 is 23.2 Å².